The number of rotatable bonds is 12. The molecule has 0 atom stereocenters. The molecule has 0 unspecified atom stereocenters. The maximum Gasteiger partial charge on any atom is 0.569 e. The van der Waals surface area contributed by atoms with Gasteiger partial charge in [0.25, 0.3) is 0 Å². The second-order valence-electron chi connectivity index (χ2n) is 26.0. The highest BCUT2D eigenvalue weighted by molar-refractivity contribution is 9.10. The normalized spacial score (nSPS) is 13.7. The molecule has 3 aromatic heterocycles. The number of nitrogens with two attached hydrogens (primary N) is 3. The number of fused-ring (bicyclic) bond motifs is 3. The molecule has 12 aromatic rings. The number of nitrogens with zero attached hydrogens (tertiary/aromatic N) is 2. The van der Waals surface area contributed by atoms with Crippen molar-refractivity contribution in [3.63, 3.8) is 0 Å². The van der Waals surface area contributed by atoms with Crippen molar-refractivity contribution in [3.05, 3.63) is 268 Å². The van der Waals surface area contributed by atoms with Crippen LogP contribution in [0.15, 0.2) is 214 Å². The fraction of sp³-hybridized carbons (Fsp3) is 0.259. The van der Waals surface area contributed by atoms with Crippen LogP contribution in [-0.4, -0.2) is 101 Å². The minimum absolute atomic E-state index is 0. The van der Waals surface area contributed by atoms with Crippen LogP contribution in [0.1, 0.15) is 57.5 Å². The molecule has 0 saturated carbocycles. The van der Waals surface area contributed by atoms with Gasteiger partial charge in [-0.3, -0.25) is 9.80 Å². The number of alkyl halides is 1. The van der Waals surface area contributed by atoms with Gasteiger partial charge in [-0.15, -0.1) is 0 Å². The van der Waals surface area contributed by atoms with Gasteiger partial charge in [0, 0.05) is 130 Å². The van der Waals surface area contributed by atoms with E-state index in [1.807, 2.05) is 117 Å². The van der Waals surface area contributed by atoms with Crippen LogP contribution < -0.4 is 44.0 Å². The molecule has 8 N–H and O–H groups in total. The summed E-state index contributed by atoms with van der Waals surface area (Å²) in [5.74, 6) is 0.636. The predicted octanol–water partition coefficient (Wildman–Crippen LogP) is 16.5. The van der Waals surface area contributed by atoms with Gasteiger partial charge in [0.2, 0.25) is 0 Å². The monoisotopic (exact) mass is 1540 g/mol. The van der Waals surface area contributed by atoms with E-state index in [9.17, 15) is 14.4 Å². The molecule has 0 amide bonds. The quantitative estimate of drug-likeness (QED) is 0.0330. The molecule has 17 nitrogen and oxygen atoms in total. The standard InChI is InChI=1S/2C28H28N2O3.C17H14BrNO2.C7H7BBrO2.C4H9NO.CH4/c2*1-18-14-25-28(24(16-26(31)33-25)22-4-3-5-23(29)15-22)19(2)27(18)21-8-6-20(7-9-21)17-30-10-12-32-13-11-30;1-9-6-14-16(10(2)17(9)18)13(8-15(20)21-14)11-4-3-5-12(19)7-11;9-5-6-1-3-7(4-2-6)11-8-10;1-3-6-4-2-5-1;/h2*3-9,14-16H,10-13,17,29H2,1-2H3;3-8H,19H2,1-2H3;1-4,10H,5H2;5H,1-4H2;1H4. The summed E-state index contributed by atoms with van der Waals surface area (Å²) in [6, 6.07) is 58.2. The zero-order valence-electron chi connectivity index (χ0n) is 59.4. The van der Waals surface area contributed by atoms with Crippen molar-refractivity contribution in [1.29, 1.82) is 0 Å². The highest BCUT2D eigenvalue weighted by Crippen LogP contribution is 2.41. The molecule has 3 saturated heterocycles. The van der Waals surface area contributed by atoms with Gasteiger partial charge in [-0.05, 0) is 197 Å². The van der Waals surface area contributed by atoms with Crippen LogP contribution in [0.5, 0.6) is 5.75 Å². The lowest BCUT2D eigenvalue weighted by atomic mass is 9.89. The van der Waals surface area contributed by atoms with Crippen molar-refractivity contribution < 1.29 is 37.1 Å². The van der Waals surface area contributed by atoms with Gasteiger partial charge in [-0.25, -0.2) is 14.4 Å². The third kappa shape index (κ3) is 19.9. The van der Waals surface area contributed by atoms with Crippen LogP contribution in [0.2, 0.25) is 0 Å². The molecular formula is C85H90BBr2N6O11. The Balaban J connectivity index is 0.000000153. The fourth-order valence-corrected chi connectivity index (χ4v) is 14.2. The summed E-state index contributed by atoms with van der Waals surface area (Å²) in [4.78, 5) is 41.4. The van der Waals surface area contributed by atoms with Gasteiger partial charge in [0.05, 0.1) is 45.4 Å². The second kappa shape index (κ2) is 37.0. The number of hydrogen-bond donors (Lipinski definition) is 5. The Bertz CT molecular complexity index is 4920. The lowest BCUT2D eigenvalue weighted by molar-refractivity contribution is 0.0341. The number of morpholine rings is 3. The number of aryl methyl sites for hydroxylation is 6. The Morgan fingerprint density at radius 2 is 0.800 bits per heavy atom. The highest BCUT2D eigenvalue weighted by Gasteiger charge is 2.21. The molecule has 0 spiro atoms. The van der Waals surface area contributed by atoms with Gasteiger partial charge >= 0.3 is 24.6 Å². The molecule has 0 bridgehead atoms. The maximum absolute atomic E-state index is 12.3. The summed E-state index contributed by atoms with van der Waals surface area (Å²) >= 11 is 6.92. The average Bonchev–Trinajstić information content (AvgIpc) is 0.765. The van der Waals surface area contributed by atoms with E-state index >= 15 is 0 Å². The molecule has 1 radical (unpaired) electrons. The summed E-state index contributed by atoms with van der Waals surface area (Å²) in [6.45, 7) is 25.1. The summed E-state index contributed by atoms with van der Waals surface area (Å²) in [7, 11) is 0.670. The molecule has 20 heteroatoms. The summed E-state index contributed by atoms with van der Waals surface area (Å²) in [5.41, 5.74) is 40.7. The Hall–Kier alpha value is -9.45. The minimum Gasteiger partial charge on any atom is -0.537 e. The first-order valence-electron chi connectivity index (χ1n) is 34.6. The van der Waals surface area contributed by atoms with Crippen LogP contribution >= 0.6 is 31.9 Å². The van der Waals surface area contributed by atoms with E-state index in [-0.39, 0.29) is 24.3 Å². The Labute approximate surface area is 630 Å². The van der Waals surface area contributed by atoms with Gasteiger partial charge in [0.15, 0.2) is 0 Å². The Kier molecular flexibility index (Phi) is 27.5. The lowest BCUT2D eigenvalue weighted by Gasteiger charge is -2.26. The first-order chi connectivity index (χ1) is 50.3. The first kappa shape index (κ1) is 78.2. The van der Waals surface area contributed by atoms with Gasteiger partial charge < -0.3 is 59.7 Å². The van der Waals surface area contributed by atoms with E-state index in [1.165, 1.54) is 33.9 Å². The molecule has 3 aliphatic rings. The van der Waals surface area contributed by atoms with Crippen molar-refractivity contribution >= 4 is 89.5 Å². The molecule has 543 valence electrons. The van der Waals surface area contributed by atoms with Crippen molar-refractivity contribution in [2.24, 2.45) is 0 Å². The number of ether oxygens (including phenoxy) is 3. The van der Waals surface area contributed by atoms with Crippen LogP contribution in [0.3, 0.4) is 0 Å². The van der Waals surface area contributed by atoms with E-state index in [2.05, 4.69) is 123 Å². The minimum atomic E-state index is -0.362. The fourth-order valence-electron chi connectivity index (χ4n) is 13.6. The number of benzene rings is 9. The third-order valence-corrected chi connectivity index (χ3v) is 20.4. The van der Waals surface area contributed by atoms with Crippen LogP contribution in [-0.2, 0) is 32.6 Å². The van der Waals surface area contributed by atoms with Gasteiger partial charge in [-0.1, -0.05) is 136 Å². The zero-order valence-corrected chi connectivity index (χ0v) is 62.6. The zero-order chi connectivity index (χ0) is 73.4. The lowest BCUT2D eigenvalue weighted by Crippen LogP contribution is -2.35. The Morgan fingerprint density at radius 3 is 1.13 bits per heavy atom. The van der Waals surface area contributed by atoms with Crippen molar-refractivity contribution in [2.45, 2.75) is 67.4 Å². The van der Waals surface area contributed by atoms with Crippen molar-refractivity contribution in [1.82, 2.24) is 15.1 Å². The number of nitrogens with one attached hydrogen (secondary N) is 1. The third-order valence-electron chi connectivity index (χ3n) is 18.6. The molecule has 3 aliphatic heterocycles. The van der Waals surface area contributed by atoms with Crippen LogP contribution in [0.4, 0.5) is 17.1 Å². The van der Waals surface area contributed by atoms with E-state index in [0.29, 0.717) is 47.2 Å². The van der Waals surface area contributed by atoms with E-state index < -0.39 is 0 Å². The summed E-state index contributed by atoms with van der Waals surface area (Å²) in [5, 5.41) is 15.1. The van der Waals surface area contributed by atoms with E-state index in [1.54, 1.807) is 24.3 Å². The number of halogens is 2. The predicted molar refractivity (Wildman–Crippen MR) is 434 cm³/mol. The smallest absolute Gasteiger partial charge is 0.537 e. The molecule has 15 rings (SSSR count). The molecule has 105 heavy (non-hydrogen) atoms. The molecule has 9 aromatic carbocycles. The van der Waals surface area contributed by atoms with E-state index in [4.69, 9.17) is 54.3 Å². The van der Waals surface area contributed by atoms with Crippen molar-refractivity contribution in [3.8, 4) is 61.4 Å². The highest BCUT2D eigenvalue weighted by atomic mass is 79.9. The van der Waals surface area contributed by atoms with Gasteiger partial charge in [-0.2, -0.15) is 0 Å². The first-order valence-corrected chi connectivity index (χ1v) is 36.6. The van der Waals surface area contributed by atoms with Crippen LogP contribution in [0.25, 0.3) is 88.5 Å². The number of nitrogen functional groups attached to an aromatic ring is 3. The van der Waals surface area contributed by atoms with Crippen LogP contribution in [0, 0.1) is 41.5 Å². The van der Waals surface area contributed by atoms with Gasteiger partial charge in [0.1, 0.15) is 16.7 Å². The van der Waals surface area contributed by atoms with E-state index in [0.717, 1.165) is 196 Å². The summed E-state index contributed by atoms with van der Waals surface area (Å²) in [6.07, 6.45) is 0. The summed E-state index contributed by atoms with van der Waals surface area (Å²) < 4.78 is 38.2. The largest absolute Gasteiger partial charge is 0.569 e. The SMILES string of the molecule is C.C1COCCN1.Cc1cc2oc(=O)cc(-c3cccc(N)c3)c2c(C)c1-c1ccc(CN2CCOCC2)cc1.Cc1cc2oc(=O)cc(-c3cccc(N)c3)c2c(C)c1-c1ccc(CN2CCOCC2)cc1.Cc1cc2oc(=O)cc(-c3cccc(N)c3)c2c(C)c1Br.O[B]Oc1ccc(CBr)cc1. The molecular weight excluding hydrogens is 1450 g/mol. The molecule has 6 heterocycles. The van der Waals surface area contributed by atoms with Crippen molar-refractivity contribution in [2.75, 3.05) is 96.1 Å². The Morgan fingerprint density at radius 1 is 0.448 bits per heavy atom. The second-order valence-corrected chi connectivity index (χ2v) is 27.3. The molecule has 3 fully saturated rings. The average molecular weight is 1540 g/mol. The molecule has 0 aliphatic carbocycles. The maximum atomic E-state index is 12.3. The topological polar surface area (TPSA) is 244 Å². The number of hydrogen-bond acceptors (Lipinski definition) is 17. The number of anilines is 3.